The summed E-state index contributed by atoms with van der Waals surface area (Å²) in [5.41, 5.74) is 1.37. The molecule has 0 heterocycles. The molecule has 37 heavy (non-hydrogen) atoms. The van der Waals surface area contributed by atoms with Gasteiger partial charge in [0.15, 0.2) is 0 Å². The summed E-state index contributed by atoms with van der Waals surface area (Å²) in [5.74, 6) is 4.42. The first kappa shape index (κ1) is 30.7. The van der Waals surface area contributed by atoms with Crippen molar-refractivity contribution >= 4 is 11.6 Å². The Hall–Kier alpha value is -2.49. The van der Waals surface area contributed by atoms with Crippen molar-refractivity contribution in [1.29, 1.82) is 0 Å². The van der Waals surface area contributed by atoms with Crippen LogP contribution in [0.5, 0.6) is 11.5 Å². The predicted octanol–water partition coefficient (Wildman–Crippen LogP) is 9.40. The summed E-state index contributed by atoms with van der Waals surface area (Å²) >= 11 is 0. The molecule has 1 N–H and O–H groups in total. The molecule has 0 spiro atoms. The van der Waals surface area contributed by atoms with Gasteiger partial charge < -0.3 is 14.8 Å². The van der Waals surface area contributed by atoms with Crippen molar-refractivity contribution in [3.8, 4) is 11.5 Å². The molecule has 2 unspecified atom stereocenters. The van der Waals surface area contributed by atoms with E-state index in [0.29, 0.717) is 24.0 Å². The van der Waals surface area contributed by atoms with Crippen molar-refractivity contribution in [2.45, 2.75) is 92.9 Å². The molecule has 0 aliphatic rings. The molecule has 2 atom stereocenters. The molecule has 0 aliphatic carbocycles. The zero-order chi connectivity index (χ0) is 27.0. The lowest BCUT2D eigenvalue weighted by Gasteiger charge is -2.14. The van der Waals surface area contributed by atoms with Gasteiger partial charge in [-0.15, -0.1) is 0 Å². The third-order valence-electron chi connectivity index (χ3n) is 6.94. The first-order chi connectivity index (χ1) is 17.7. The van der Waals surface area contributed by atoms with Crippen molar-refractivity contribution in [3.05, 3.63) is 54.1 Å². The van der Waals surface area contributed by atoms with E-state index in [-0.39, 0.29) is 5.91 Å². The van der Waals surface area contributed by atoms with Crippen molar-refractivity contribution in [1.82, 2.24) is 0 Å². The fourth-order valence-electron chi connectivity index (χ4n) is 4.33. The van der Waals surface area contributed by atoms with Crippen LogP contribution in [0.1, 0.15) is 103 Å². The largest absolute Gasteiger partial charge is 0.494 e. The average molecular weight is 510 g/mol. The fourth-order valence-corrected chi connectivity index (χ4v) is 4.33. The van der Waals surface area contributed by atoms with Gasteiger partial charge in [0.25, 0.3) is 5.91 Å². The number of amides is 1. The molecule has 0 fully saturated rings. The van der Waals surface area contributed by atoms with Crippen LogP contribution in [0.3, 0.4) is 0 Å². The SMILES string of the molecule is CC(C)CCCC(C)CCOc1ccc(NC(=O)c2ccc(OCCC(C)CCCC(C)C)cc2)cc1. The van der Waals surface area contributed by atoms with Crippen molar-refractivity contribution in [2.24, 2.45) is 23.7 Å². The Morgan fingerprint density at radius 1 is 0.622 bits per heavy atom. The summed E-state index contributed by atoms with van der Waals surface area (Å²) in [6, 6.07) is 15.0. The highest BCUT2D eigenvalue weighted by Gasteiger charge is 2.09. The first-order valence-corrected chi connectivity index (χ1v) is 14.5. The number of hydrogen-bond donors (Lipinski definition) is 1. The van der Waals surface area contributed by atoms with Gasteiger partial charge in [0, 0.05) is 11.3 Å². The summed E-state index contributed by atoms with van der Waals surface area (Å²) in [4.78, 5) is 12.7. The molecule has 0 bridgehead atoms. The first-order valence-electron chi connectivity index (χ1n) is 14.5. The monoisotopic (exact) mass is 509 g/mol. The van der Waals surface area contributed by atoms with E-state index < -0.39 is 0 Å². The maximum absolute atomic E-state index is 12.7. The van der Waals surface area contributed by atoms with Crippen LogP contribution >= 0.6 is 0 Å². The lowest BCUT2D eigenvalue weighted by molar-refractivity contribution is 0.102. The average Bonchev–Trinajstić information content (AvgIpc) is 2.85. The van der Waals surface area contributed by atoms with E-state index in [4.69, 9.17) is 9.47 Å². The number of rotatable bonds is 18. The van der Waals surface area contributed by atoms with Gasteiger partial charge >= 0.3 is 0 Å². The Kier molecular flexibility index (Phi) is 14.2. The smallest absolute Gasteiger partial charge is 0.255 e. The molecule has 0 saturated carbocycles. The molecule has 2 aromatic rings. The molecular formula is C33H51NO3. The number of benzene rings is 2. The Bertz CT molecular complexity index is 873. The van der Waals surface area contributed by atoms with Crippen LogP contribution in [0, 0.1) is 23.7 Å². The lowest BCUT2D eigenvalue weighted by atomic mass is 9.98. The topological polar surface area (TPSA) is 47.6 Å². The fraction of sp³-hybridized carbons (Fsp3) is 0.606. The van der Waals surface area contributed by atoms with Crippen LogP contribution in [0.2, 0.25) is 0 Å². The number of hydrogen-bond acceptors (Lipinski definition) is 3. The number of ether oxygens (including phenoxy) is 2. The number of carbonyl (C=O) groups is 1. The van der Waals surface area contributed by atoms with E-state index in [2.05, 4.69) is 46.9 Å². The van der Waals surface area contributed by atoms with Crippen LogP contribution in [0.25, 0.3) is 0 Å². The molecule has 0 aliphatic heterocycles. The standard InChI is InChI=1S/C33H51NO3/c1-25(2)9-7-11-27(5)21-23-36-31-17-13-29(14-18-31)33(35)34-30-15-19-32(20-16-30)37-24-22-28(6)12-8-10-26(3)4/h13-20,25-28H,7-12,21-24H2,1-6H3,(H,34,35). The van der Waals surface area contributed by atoms with E-state index in [0.717, 1.165) is 48.5 Å². The van der Waals surface area contributed by atoms with Gasteiger partial charge in [0.1, 0.15) is 11.5 Å². The van der Waals surface area contributed by atoms with Gasteiger partial charge in [0.05, 0.1) is 13.2 Å². The second-order valence-corrected chi connectivity index (χ2v) is 11.6. The number of carbonyl (C=O) groups excluding carboxylic acids is 1. The number of anilines is 1. The highest BCUT2D eigenvalue weighted by Crippen LogP contribution is 2.21. The van der Waals surface area contributed by atoms with Gasteiger partial charge in [-0.05, 0) is 85.0 Å². The molecule has 2 rings (SSSR count). The minimum atomic E-state index is -0.130. The van der Waals surface area contributed by atoms with Crippen molar-refractivity contribution in [2.75, 3.05) is 18.5 Å². The third kappa shape index (κ3) is 13.6. The zero-order valence-corrected chi connectivity index (χ0v) is 24.2. The number of nitrogens with one attached hydrogen (secondary N) is 1. The van der Waals surface area contributed by atoms with Gasteiger partial charge in [-0.3, -0.25) is 4.79 Å². The lowest BCUT2D eigenvalue weighted by Crippen LogP contribution is -2.12. The van der Waals surface area contributed by atoms with E-state index in [9.17, 15) is 4.79 Å². The van der Waals surface area contributed by atoms with Gasteiger partial charge in [-0.25, -0.2) is 0 Å². The van der Waals surface area contributed by atoms with Crippen LogP contribution in [-0.2, 0) is 0 Å². The highest BCUT2D eigenvalue weighted by molar-refractivity contribution is 6.04. The molecule has 4 nitrogen and oxygen atoms in total. The minimum Gasteiger partial charge on any atom is -0.494 e. The Labute approximate surface area is 226 Å². The van der Waals surface area contributed by atoms with E-state index >= 15 is 0 Å². The summed E-state index contributed by atoms with van der Waals surface area (Å²) < 4.78 is 11.8. The second kappa shape index (κ2) is 17.1. The Morgan fingerprint density at radius 2 is 1.05 bits per heavy atom. The summed E-state index contributed by atoms with van der Waals surface area (Å²) in [6.45, 7) is 15.2. The Balaban J connectivity index is 1.68. The van der Waals surface area contributed by atoms with Crippen molar-refractivity contribution in [3.63, 3.8) is 0 Å². The highest BCUT2D eigenvalue weighted by atomic mass is 16.5. The second-order valence-electron chi connectivity index (χ2n) is 11.6. The Morgan fingerprint density at radius 3 is 1.49 bits per heavy atom. The summed E-state index contributed by atoms with van der Waals surface area (Å²) in [7, 11) is 0. The van der Waals surface area contributed by atoms with E-state index in [1.54, 1.807) is 0 Å². The molecule has 0 saturated heterocycles. The molecule has 2 aromatic carbocycles. The minimum absolute atomic E-state index is 0.130. The van der Waals surface area contributed by atoms with Crippen LogP contribution in [0.15, 0.2) is 48.5 Å². The van der Waals surface area contributed by atoms with E-state index in [1.165, 1.54) is 38.5 Å². The van der Waals surface area contributed by atoms with Crippen LogP contribution in [-0.4, -0.2) is 19.1 Å². The summed E-state index contributed by atoms with van der Waals surface area (Å²) in [6.07, 6.45) is 9.81. The quantitative estimate of drug-likeness (QED) is 0.218. The van der Waals surface area contributed by atoms with Gasteiger partial charge in [0.2, 0.25) is 0 Å². The normalized spacial score (nSPS) is 13.0. The zero-order valence-electron chi connectivity index (χ0n) is 24.2. The molecule has 0 radical (unpaired) electrons. The molecular weight excluding hydrogens is 458 g/mol. The third-order valence-corrected chi connectivity index (χ3v) is 6.94. The van der Waals surface area contributed by atoms with E-state index in [1.807, 2.05) is 48.5 Å². The van der Waals surface area contributed by atoms with Gasteiger partial charge in [-0.1, -0.05) is 80.1 Å². The van der Waals surface area contributed by atoms with Crippen LogP contribution < -0.4 is 14.8 Å². The summed E-state index contributed by atoms with van der Waals surface area (Å²) in [5, 5.41) is 2.96. The molecule has 1 amide bonds. The predicted molar refractivity (Wildman–Crippen MR) is 157 cm³/mol. The molecule has 206 valence electrons. The molecule has 4 heteroatoms. The molecule has 0 aromatic heterocycles. The van der Waals surface area contributed by atoms with Crippen molar-refractivity contribution < 1.29 is 14.3 Å². The van der Waals surface area contributed by atoms with Gasteiger partial charge in [-0.2, -0.15) is 0 Å². The maximum atomic E-state index is 12.7. The maximum Gasteiger partial charge on any atom is 0.255 e. The van der Waals surface area contributed by atoms with Crippen LogP contribution in [0.4, 0.5) is 5.69 Å².